The molecule has 0 bridgehead atoms. The molecular formula is C20H15FO2. The van der Waals surface area contributed by atoms with Crippen molar-refractivity contribution in [3.05, 3.63) is 59.4 Å². The summed E-state index contributed by atoms with van der Waals surface area (Å²) in [5, 5.41) is 25.2. The molecule has 2 N–H and O–H groups in total. The smallest absolute Gasteiger partial charge is 0.165 e. The highest BCUT2D eigenvalue weighted by Gasteiger charge is 2.14. The number of phenolic OH excluding ortho intramolecular Hbond substituents is 2. The third-order valence-corrected chi connectivity index (χ3v) is 4.72. The second kappa shape index (κ2) is 4.59. The third kappa shape index (κ3) is 1.80. The summed E-state index contributed by atoms with van der Waals surface area (Å²) in [4.78, 5) is 0. The molecule has 114 valence electrons. The molecule has 0 heterocycles. The highest BCUT2D eigenvalue weighted by Crippen LogP contribution is 2.41. The Morgan fingerprint density at radius 2 is 1.35 bits per heavy atom. The van der Waals surface area contributed by atoms with E-state index in [0.29, 0.717) is 5.39 Å². The standard InChI is InChI=1S/C20H15FO2/c1-10-13-4-3-12(21)9-17(13)11(2)19-14(10)5-6-16-15(19)7-8-18(22)20(16)23/h3-9,22-23H,1-2H3. The number of aryl methyl sites for hydroxylation is 2. The van der Waals surface area contributed by atoms with Gasteiger partial charge in [-0.15, -0.1) is 0 Å². The molecule has 0 aromatic heterocycles. The molecule has 0 saturated carbocycles. The van der Waals surface area contributed by atoms with Crippen LogP contribution in [-0.2, 0) is 0 Å². The van der Waals surface area contributed by atoms with Crippen LogP contribution in [0.2, 0.25) is 0 Å². The van der Waals surface area contributed by atoms with Crippen LogP contribution >= 0.6 is 0 Å². The first-order chi connectivity index (χ1) is 11.0. The summed E-state index contributed by atoms with van der Waals surface area (Å²) >= 11 is 0. The average Bonchev–Trinajstić information content (AvgIpc) is 2.55. The molecule has 0 fully saturated rings. The number of phenols is 2. The fraction of sp³-hybridized carbons (Fsp3) is 0.100. The van der Waals surface area contributed by atoms with Crippen molar-refractivity contribution >= 4 is 32.3 Å². The minimum Gasteiger partial charge on any atom is -0.504 e. The van der Waals surface area contributed by atoms with Crippen LogP contribution in [-0.4, -0.2) is 10.2 Å². The minimum atomic E-state index is -0.264. The van der Waals surface area contributed by atoms with Gasteiger partial charge in [0.2, 0.25) is 0 Å². The number of benzene rings is 4. The van der Waals surface area contributed by atoms with Gasteiger partial charge in [-0.2, -0.15) is 0 Å². The first-order valence-electron chi connectivity index (χ1n) is 7.45. The quantitative estimate of drug-likeness (QED) is 0.262. The first-order valence-corrected chi connectivity index (χ1v) is 7.45. The zero-order valence-corrected chi connectivity index (χ0v) is 12.8. The number of fused-ring (bicyclic) bond motifs is 4. The number of aromatic hydroxyl groups is 2. The van der Waals surface area contributed by atoms with Crippen molar-refractivity contribution in [2.24, 2.45) is 0 Å². The first kappa shape index (κ1) is 13.8. The van der Waals surface area contributed by atoms with E-state index in [1.165, 1.54) is 12.1 Å². The van der Waals surface area contributed by atoms with Gasteiger partial charge in [-0.3, -0.25) is 0 Å². The summed E-state index contributed by atoms with van der Waals surface area (Å²) in [6.45, 7) is 3.99. The van der Waals surface area contributed by atoms with Crippen LogP contribution in [0.15, 0.2) is 42.5 Å². The summed E-state index contributed by atoms with van der Waals surface area (Å²) in [6, 6.07) is 11.9. The molecule has 0 radical (unpaired) electrons. The van der Waals surface area contributed by atoms with Crippen molar-refractivity contribution < 1.29 is 14.6 Å². The molecule has 0 aliphatic carbocycles. The molecule has 3 heteroatoms. The van der Waals surface area contributed by atoms with Gasteiger partial charge in [-0.1, -0.05) is 12.1 Å². The number of hydrogen-bond donors (Lipinski definition) is 2. The van der Waals surface area contributed by atoms with Gasteiger partial charge in [-0.25, -0.2) is 4.39 Å². The second-order valence-corrected chi connectivity index (χ2v) is 5.96. The van der Waals surface area contributed by atoms with E-state index in [1.54, 1.807) is 12.1 Å². The van der Waals surface area contributed by atoms with Crippen LogP contribution in [0, 0.1) is 19.7 Å². The zero-order chi connectivity index (χ0) is 16.3. The second-order valence-electron chi connectivity index (χ2n) is 5.96. The molecule has 23 heavy (non-hydrogen) atoms. The molecule has 0 aliphatic heterocycles. The Bertz CT molecular complexity index is 1110. The van der Waals surface area contributed by atoms with E-state index in [2.05, 4.69) is 0 Å². The van der Waals surface area contributed by atoms with Crippen LogP contribution in [0.1, 0.15) is 11.1 Å². The number of rotatable bonds is 0. The predicted molar refractivity (Wildman–Crippen MR) is 91.7 cm³/mol. The lowest BCUT2D eigenvalue weighted by Gasteiger charge is -2.15. The molecule has 0 saturated heterocycles. The lowest BCUT2D eigenvalue weighted by Crippen LogP contribution is -1.91. The molecule has 0 atom stereocenters. The lowest BCUT2D eigenvalue weighted by atomic mass is 9.90. The van der Waals surface area contributed by atoms with Crippen LogP contribution in [0.3, 0.4) is 0 Å². The van der Waals surface area contributed by atoms with E-state index in [9.17, 15) is 14.6 Å². The fourth-order valence-electron chi connectivity index (χ4n) is 3.53. The minimum absolute atomic E-state index is 0.124. The van der Waals surface area contributed by atoms with Crippen molar-refractivity contribution in [3.8, 4) is 11.5 Å². The number of halogens is 1. The summed E-state index contributed by atoms with van der Waals surface area (Å²) in [6.07, 6.45) is 0. The van der Waals surface area contributed by atoms with Gasteiger partial charge in [0, 0.05) is 5.39 Å². The summed E-state index contributed by atoms with van der Waals surface area (Å²) in [5.74, 6) is -0.529. The third-order valence-electron chi connectivity index (χ3n) is 4.72. The molecule has 4 aromatic carbocycles. The highest BCUT2D eigenvalue weighted by atomic mass is 19.1. The SMILES string of the molecule is Cc1c2ccc(F)cc2c(C)c2c1ccc1c(O)c(O)ccc12. The van der Waals surface area contributed by atoms with E-state index in [4.69, 9.17) is 0 Å². The molecule has 4 aromatic rings. The maximum absolute atomic E-state index is 13.7. The molecule has 0 aliphatic rings. The largest absolute Gasteiger partial charge is 0.504 e. The Balaban J connectivity index is 2.33. The molecule has 4 rings (SSSR count). The van der Waals surface area contributed by atoms with Gasteiger partial charge >= 0.3 is 0 Å². The van der Waals surface area contributed by atoms with Crippen LogP contribution in [0.25, 0.3) is 32.3 Å². The summed E-state index contributed by atoms with van der Waals surface area (Å²) in [7, 11) is 0. The van der Waals surface area contributed by atoms with Crippen molar-refractivity contribution in [2.45, 2.75) is 13.8 Å². The highest BCUT2D eigenvalue weighted by molar-refractivity contribution is 6.17. The van der Waals surface area contributed by atoms with E-state index in [0.717, 1.165) is 38.1 Å². The van der Waals surface area contributed by atoms with Gasteiger partial charge in [0.1, 0.15) is 5.82 Å². The van der Waals surface area contributed by atoms with E-state index < -0.39 is 0 Å². The Labute approximate surface area is 132 Å². The summed E-state index contributed by atoms with van der Waals surface area (Å²) < 4.78 is 13.7. The van der Waals surface area contributed by atoms with Crippen LogP contribution in [0.4, 0.5) is 4.39 Å². The normalized spacial score (nSPS) is 11.6. The van der Waals surface area contributed by atoms with Crippen molar-refractivity contribution in [3.63, 3.8) is 0 Å². The van der Waals surface area contributed by atoms with Gasteiger partial charge in [0.25, 0.3) is 0 Å². The fourth-order valence-corrected chi connectivity index (χ4v) is 3.53. The summed E-state index contributed by atoms with van der Waals surface area (Å²) in [5.41, 5.74) is 2.05. The molecule has 0 spiro atoms. The zero-order valence-electron chi connectivity index (χ0n) is 12.8. The maximum Gasteiger partial charge on any atom is 0.165 e. The van der Waals surface area contributed by atoms with Crippen molar-refractivity contribution in [1.29, 1.82) is 0 Å². The van der Waals surface area contributed by atoms with Crippen molar-refractivity contribution in [1.82, 2.24) is 0 Å². The lowest BCUT2D eigenvalue weighted by molar-refractivity contribution is 0.408. The van der Waals surface area contributed by atoms with Crippen LogP contribution < -0.4 is 0 Å². The maximum atomic E-state index is 13.7. The van der Waals surface area contributed by atoms with Gasteiger partial charge in [0.05, 0.1) is 0 Å². The van der Waals surface area contributed by atoms with E-state index in [-0.39, 0.29) is 17.3 Å². The van der Waals surface area contributed by atoms with Crippen molar-refractivity contribution in [2.75, 3.05) is 0 Å². The number of hydrogen-bond acceptors (Lipinski definition) is 2. The monoisotopic (exact) mass is 306 g/mol. The topological polar surface area (TPSA) is 40.5 Å². The predicted octanol–water partition coefficient (Wildman–Crippen LogP) is 5.31. The van der Waals surface area contributed by atoms with Gasteiger partial charge in [-0.05, 0) is 82.2 Å². The van der Waals surface area contributed by atoms with Gasteiger partial charge in [0.15, 0.2) is 11.5 Å². The van der Waals surface area contributed by atoms with E-state index in [1.807, 2.05) is 32.0 Å². The Morgan fingerprint density at radius 3 is 2.13 bits per heavy atom. The average molecular weight is 306 g/mol. The molecular weight excluding hydrogens is 291 g/mol. The Hall–Kier alpha value is -2.81. The molecule has 2 nitrogen and oxygen atoms in total. The Kier molecular flexibility index (Phi) is 2.76. The van der Waals surface area contributed by atoms with E-state index >= 15 is 0 Å². The molecule has 0 unspecified atom stereocenters. The van der Waals surface area contributed by atoms with Gasteiger partial charge < -0.3 is 10.2 Å². The van der Waals surface area contributed by atoms with Crippen LogP contribution in [0.5, 0.6) is 11.5 Å². The Morgan fingerprint density at radius 1 is 0.696 bits per heavy atom. The molecule has 0 amide bonds.